The quantitative estimate of drug-likeness (QED) is 0.842. The summed E-state index contributed by atoms with van der Waals surface area (Å²) in [5.74, 6) is 1.15. The molecule has 2 saturated carbocycles. The molecule has 0 spiro atoms. The van der Waals surface area contributed by atoms with E-state index in [1.807, 2.05) is 0 Å². The number of nitrogens with one attached hydrogen (secondary N) is 2. The number of nitrogens with zero attached hydrogens (tertiary/aromatic N) is 3. The van der Waals surface area contributed by atoms with E-state index in [0.29, 0.717) is 17.9 Å². The minimum Gasteiger partial charge on any atom is -0.351 e. The molecule has 0 atom stereocenters. The summed E-state index contributed by atoms with van der Waals surface area (Å²) in [6, 6.07) is 0.517. The van der Waals surface area contributed by atoms with Crippen molar-refractivity contribution in [3.63, 3.8) is 0 Å². The lowest BCUT2D eigenvalue weighted by atomic mass is 10.3. The molecule has 0 aliphatic heterocycles. The van der Waals surface area contributed by atoms with Gasteiger partial charge in [0.15, 0.2) is 0 Å². The van der Waals surface area contributed by atoms with Gasteiger partial charge in [-0.05, 0) is 44.2 Å². The lowest BCUT2D eigenvalue weighted by molar-refractivity contribution is 0.805. The van der Waals surface area contributed by atoms with Gasteiger partial charge in [0.25, 0.3) is 0 Å². The zero-order valence-corrected chi connectivity index (χ0v) is 9.88. The lowest BCUT2D eigenvalue weighted by Crippen LogP contribution is -2.19. The predicted molar refractivity (Wildman–Crippen MR) is 62.7 cm³/mol. The third kappa shape index (κ3) is 2.35. The topological polar surface area (TPSA) is 62.7 Å². The maximum atomic E-state index is 5.86. The van der Waals surface area contributed by atoms with E-state index in [-0.39, 0.29) is 10.8 Å². The van der Waals surface area contributed by atoms with Crippen LogP contribution in [0.25, 0.3) is 0 Å². The first-order chi connectivity index (χ1) is 7.63. The van der Waals surface area contributed by atoms with Crippen molar-refractivity contribution in [2.75, 3.05) is 10.6 Å². The van der Waals surface area contributed by atoms with E-state index >= 15 is 0 Å². The fourth-order valence-electron chi connectivity index (χ4n) is 1.46. The van der Waals surface area contributed by atoms with Crippen LogP contribution in [-0.4, -0.2) is 26.5 Å². The third-order valence-corrected chi connectivity index (χ3v) is 3.10. The number of aromatic nitrogens is 3. The zero-order valence-electron chi connectivity index (χ0n) is 9.13. The van der Waals surface area contributed by atoms with Gasteiger partial charge < -0.3 is 10.6 Å². The van der Waals surface area contributed by atoms with Gasteiger partial charge in [0.2, 0.25) is 17.2 Å². The number of hydrogen-bond donors (Lipinski definition) is 2. The molecule has 0 bridgehead atoms. The molecule has 1 aromatic rings. The molecule has 5 nitrogen and oxygen atoms in total. The maximum absolute atomic E-state index is 5.86. The van der Waals surface area contributed by atoms with Crippen LogP contribution in [-0.2, 0) is 0 Å². The summed E-state index contributed by atoms with van der Waals surface area (Å²) in [6.07, 6.45) is 4.68. The Labute approximate surface area is 99.0 Å². The van der Waals surface area contributed by atoms with E-state index in [4.69, 9.17) is 11.6 Å². The van der Waals surface area contributed by atoms with Crippen molar-refractivity contribution in [2.45, 2.75) is 44.2 Å². The number of hydrogen-bond acceptors (Lipinski definition) is 5. The summed E-state index contributed by atoms with van der Waals surface area (Å²) >= 11 is 5.86. The van der Waals surface area contributed by atoms with Gasteiger partial charge >= 0.3 is 0 Å². The van der Waals surface area contributed by atoms with Crippen LogP contribution in [0.1, 0.15) is 32.6 Å². The van der Waals surface area contributed by atoms with Gasteiger partial charge in [0, 0.05) is 11.6 Å². The van der Waals surface area contributed by atoms with Crippen LogP contribution in [0.15, 0.2) is 0 Å². The Morgan fingerprint density at radius 2 is 1.88 bits per heavy atom. The highest BCUT2D eigenvalue weighted by Gasteiger charge is 2.38. The summed E-state index contributed by atoms with van der Waals surface area (Å²) in [6.45, 7) is 2.15. The van der Waals surface area contributed by atoms with Crippen LogP contribution in [0.5, 0.6) is 0 Å². The molecule has 0 amide bonds. The number of anilines is 2. The summed E-state index contributed by atoms with van der Waals surface area (Å²) in [5, 5.41) is 6.74. The van der Waals surface area contributed by atoms with Crippen molar-refractivity contribution in [3.05, 3.63) is 5.28 Å². The molecule has 6 heteroatoms. The van der Waals surface area contributed by atoms with Gasteiger partial charge in [0.05, 0.1) is 0 Å². The number of halogens is 1. The van der Waals surface area contributed by atoms with Crippen molar-refractivity contribution < 1.29 is 0 Å². The van der Waals surface area contributed by atoms with Crippen molar-refractivity contribution in [3.8, 4) is 0 Å². The van der Waals surface area contributed by atoms with E-state index in [0.717, 1.165) is 12.8 Å². The van der Waals surface area contributed by atoms with Gasteiger partial charge in [-0.2, -0.15) is 15.0 Å². The van der Waals surface area contributed by atoms with E-state index in [2.05, 4.69) is 32.5 Å². The van der Waals surface area contributed by atoms with E-state index < -0.39 is 0 Å². The lowest BCUT2D eigenvalue weighted by Gasteiger charge is -2.12. The van der Waals surface area contributed by atoms with Gasteiger partial charge in [-0.15, -0.1) is 0 Å². The molecule has 0 saturated heterocycles. The summed E-state index contributed by atoms with van der Waals surface area (Å²) in [4.78, 5) is 12.4. The van der Waals surface area contributed by atoms with Crippen molar-refractivity contribution >= 4 is 23.5 Å². The van der Waals surface area contributed by atoms with Crippen LogP contribution < -0.4 is 10.6 Å². The van der Waals surface area contributed by atoms with Crippen LogP contribution >= 0.6 is 11.6 Å². The average Bonchev–Trinajstić information content (AvgIpc) is 3.05. The van der Waals surface area contributed by atoms with Crippen molar-refractivity contribution in [1.82, 2.24) is 15.0 Å². The Morgan fingerprint density at radius 1 is 1.19 bits per heavy atom. The Morgan fingerprint density at radius 3 is 2.50 bits per heavy atom. The highest BCUT2D eigenvalue weighted by atomic mass is 35.5. The van der Waals surface area contributed by atoms with Crippen molar-refractivity contribution in [2.24, 2.45) is 0 Å². The summed E-state index contributed by atoms with van der Waals surface area (Å²) in [7, 11) is 0. The molecule has 16 heavy (non-hydrogen) atoms. The minimum absolute atomic E-state index is 0.154. The molecule has 0 unspecified atom stereocenters. The molecule has 1 heterocycles. The largest absolute Gasteiger partial charge is 0.351 e. The van der Waals surface area contributed by atoms with Gasteiger partial charge in [-0.3, -0.25) is 0 Å². The van der Waals surface area contributed by atoms with Gasteiger partial charge in [-0.1, -0.05) is 0 Å². The zero-order chi connectivity index (χ0) is 11.2. The first-order valence-corrected chi connectivity index (χ1v) is 5.97. The monoisotopic (exact) mass is 239 g/mol. The molecule has 2 N–H and O–H groups in total. The Kier molecular flexibility index (Phi) is 2.17. The Balaban J connectivity index is 1.77. The Hall–Kier alpha value is -1.10. The molecule has 3 rings (SSSR count). The van der Waals surface area contributed by atoms with Crippen LogP contribution in [0.2, 0.25) is 5.28 Å². The van der Waals surface area contributed by atoms with E-state index in [1.165, 1.54) is 12.8 Å². The summed E-state index contributed by atoms with van der Waals surface area (Å²) < 4.78 is 0. The second-order valence-electron chi connectivity index (χ2n) is 4.86. The number of rotatable bonds is 4. The first-order valence-electron chi connectivity index (χ1n) is 5.59. The van der Waals surface area contributed by atoms with Gasteiger partial charge in [0.1, 0.15) is 0 Å². The van der Waals surface area contributed by atoms with Crippen LogP contribution in [0, 0.1) is 0 Å². The first kappa shape index (κ1) is 10.1. The Bertz CT molecular complexity index is 414. The standard InChI is InChI=1S/C10H14ClN5/c1-10(4-5-10)16-9-14-7(11)13-8(15-9)12-6-2-3-6/h6H,2-5H2,1H3,(H2,12,13,14,15,16). The van der Waals surface area contributed by atoms with Crippen LogP contribution in [0.4, 0.5) is 11.9 Å². The molecule has 2 aliphatic carbocycles. The molecule has 0 aromatic carbocycles. The molecular weight excluding hydrogens is 226 g/mol. The third-order valence-electron chi connectivity index (χ3n) is 2.93. The normalized spacial score (nSPS) is 21.6. The molecule has 0 radical (unpaired) electrons. The highest BCUT2D eigenvalue weighted by molar-refractivity contribution is 6.28. The summed E-state index contributed by atoms with van der Waals surface area (Å²) in [5.41, 5.74) is 0.154. The molecule has 2 fully saturated rings. The smallest absolute Gasteiger partial charge is 0.229 e. The van der Waals surface area contributed by atoms with Gasteiger partial charge in [-0.25, -0.2) is 0 Å². The second-order valence-corrected chi connectivity index (χ2v) is 5.19. The second kappa shape index (κ2) is 3.45. The maximum Gasteiger partial charge on any atom is 0.229 e. The van der Waals surface area contributed by atoms with Crippen LogP contribution in [0.3, 0.4) is 0 Å². The average molecular weight is 240 g/mol. The minimum atomic E-state index is 0.154. The molecule has 2 aliphatic rings. The molecule has 86 valence electrons. The predicted octanol–water partition coefficient (Wildman–Crippen LogP) is 2.06. The fourth-order valence-corrected chi connectivity index (χ4v) is 1.62. The van der Waals surface area contributed by atoms with E-state index in [1.54, 1.807) is 0 Å². The van der Waals surface area contributed by atoms with E-state index in [9.17, 15) is 0 Å². The SMILES string of the molecule is CC1(Nc2nc(Cl)nc(NC3CC3)n2)CC1. The highest BCUT2D eigenvalue weighted by Crippen LogP contribution is 2.37. The molecule has 1 aromatic heterocycles. The molecular formula is C10H14ClN5. The fraction of sp³-hybridized carbons (Fsp3) is 0.700. The van der Waals surface area contributed by atoms with Crippen molar-refractivity contribution in [1.29, 1.82) is 0 Å².